The fraction of sp³-hybridized carbons (Fsp3) is 0.174. The van der Waals surface area contributed by atoms with Crippen LogP contribution in [-0.2, 0) is 10.5 Å². The van der Waals surface area contributed by atoms with Gasteiger partial charge in [0.1, 0.15) is 24.3 Å². The average Bonchev–Trinajstić information content (AvgIpc) is 2.93. The molecule has 0 saturated heterocycles. The Labute approximate surface area is 190 Å². The summed E-state index contributed by atoms with van der Waals surface area (Å²) in [6, 6.07) is 9.47. The van der Waals surface area contributed by atoms with E-state index in [2.05, 4.69) is 5.32 Å². The molecule has 3 aromatic rings. The van der Waals surface area contributed by atoms with Crippen molar-refractivity contribution in [3.05, 3.63) is 92.9 Å². The largest absolute Gasteiger partial charge is 0.420 e. The van der Waals surface area contributed by atoms with Gasteiger partial charge in [0, 0.05) is 35.4 Å². The van der Waals surface area contributed by atoms with E-state index in [-0.39, 0.29) is 12.4 Å². The summed E-state index contributed by atoms with van der Waals surface area (Å²) in [4.78, 5) is 37.3. The molecule has 10 heteroatoms. The lowest BCUT2D eigenvalue weighted by atomic mass is 9.93. The smallest absolute Gasteiger partial charge is 0.308 e. The molecule has 2 aliphatic heterocycles. The zero-order valence-corrected chi connectivity index (χ0v) is 18.1. The van der Waals surface area contributed by atoms with E-state index in [1.54, 1.807) is 23.2 Å². The predicted molar refractivity (Wildman–Crippen MR) is 117 cm³/mol. The van der Waals surface area contributed by atoms with Crippen LogP contribution in [0.5, 0.6) is 5.75 Å². The van der Waals surface area contributed by atoms with Crippen LogP contribution in [0, 0.1) is 11.6 Å². The van der Waals surface area contributed by atoms with Crippen molar-refractivity contribution in [3.8, 4) is 5.75 Å². The molecular formula is C23H17F2N3O4S. The lowest BCUT2D eigenvalue weighted by Crippen LogP contribution is -2.54. The molecule has 0 fully saturated rings. The zero-order valence-electron chi connectivity index (χ0n) is 17.3. The molecule has 3 heterocycles. The third kappa shape index (κ3) is 3.56. The number of rotatable bonds is 2. The van der Waals surface area contributed by atoms with Gasteiger partial charge in [-0.3, -0.25) is 24.1 Å². The van der Waals surface area contributed by atoms with Crippen molar-refractivity contribution in [1.82, 2.24) is 9.99 Å². The maximum Gasteiger partial charge on any atom is 0.308 e. The van der Waals surface area contributed by atoms with Gasteiger partial charge in [0.25, 0.3) is 5.91 Å². The van der Waals surface area contributed by atoms with Gasteiger partial charge in [-0.2, -0.15) is 0 Å². The van der Waals surface area contributed by atoms with Crippen molar-refractivity contribution >= 4 is 23.6 Å². The van der Waals surface area contributed by atoms with Gasteiger partial charge in [-0.1, -0.05) is 18.2 Å². The number of hydrogen-bond donors (Lipinski definition) is 1. The van der Waals surface area contributed by atoms with Gasteiger partial charge < -0.3 is 10.1 Å². The molecule has 1 aromatic heterocycles. The average molecular weight is 469 g/mol. The van der Waals surface area contributed by atoms with Crippen LogP contribution in [0.4, 0.5) is 8.78 Å². The SMILES string of the molecule is CC(=O)Oc1c2n(ccc1=O)N([C@H]1c3ccc(F)cc3SCc3cccc(F)c31)CNC2=O. The predicted octanol–water partition coefficient (Wildman–Crippen LogP) is 3.09. The Hall–Kier alpha value is -3.66. The Balaban J connectivity index is 1.78. The first kappa shape index (κ1) is 21.2. The molecule has 1 N–H and O–H groups in total. The number of nitrogens with one attached hydrogen (secondary N) is 1. The van der Waals surface area contributed by atoms with E-state index in [0.29, 0.717) is 21.8 Å². The number of fused-ring (bicyclic) bond motifs is 3. The number of pyridine rings is 1. The molecule has 0 spiro atoms. The summed E-state index contributed by atoms with van der Waals surface area (Å²) < 4.78 is 35.8. The Morgan fingerprint density at radius 2 is 2.00 bits per heavy atom. The zero-order chi connectivity index (χ0) is 23.3. The number of ether oxygens (including phenoxy) is 1. The minimum Gasteiger partial charge on any atom is -0.420 e. The van der Waals surface area contributed by atoms with E-state index < -0.39 is 40.7 Å². The van der Waals surface area contributed by atoms with Gasteiger partial charge in [0.2, 0.25) is 11.2 Å². The number of halogens is 2. The molecule has 5 rings (SSSR count). The summed E-state index contributed by atoms with van der Waals surface area (Å²) in [5.74, 6) is -2.22. The number of esters is 1. The molecule has 2 aliphatic rings. The summed E-state index contributed by atoms with van der Waals surface area (Å²) in [7, 11) is 0. The summed E-state index contributed by atoms with van der Waals surface area (Å²) in [5, 5.41) is 4.32. The van der Waals surface area contributed by atoms with Crippen molar-refractivity contribution in [2.45, 2.75) is 23.6 Å². The highest BCUT2D eigenvalue weighted by atomic mass is 32.2. The van der Waals surface area contributed by atoms with Crippen molar-refractivity contribution < 1.29 is 23.1 Å². The number of amides is 1. The summed E-state index contributed by atoms with van der Waals surface area (Å²) >= 11 is 1.39. The van der Waals surface area contributed by atoms with Crippen LogP contribution in [0.25, 0.3) is 0 Å². The lowest BCUT2D eigenvalue weighted by molar-refractivity contribution is -0.132. The molecule has 33 heavy (non-hydrogen) atoms. The minimum absolute atomic E-state index is 0.0336. The molecule has 0 radical (unpaired) electrons. The van der Waals surface area contributed by atoms with Gasteiger partial charge in [-0.05, 0) is 29.3 Å². The molecule has 0 aliphatic carbocycles. The van der Waals surface area contributed by atoms with Crippen LogP contribution < -0.4 is 20.5 Å². The molecule has 0 unspecified atom stereocenters. The van der Waals surface area contributed by atoms with Crippen LogP contribution in [0.3, 0.4) is 0 Å². The van der Waals surface area contributed by atoms with Gasteiger partial charge in [-0.15, -0.1) is 11.8 Å². The molecule has 7 nitrogen and oxygen atoms in total. The van der Waals surface area contributed by atoms with Gasteiger partial charge >= 0.3 is 5.97 Å². The van der Waals surface area contributed by atoms with Gasteiger partial charge in [0.05, 0.1) is 0 Å². The van der Waals surface area contributed by atoms with E-state index in [1.807, 2.05) is 0 Å². The maximum atomic E-state index is 15.3. The van der Waals surface area contributed by atoms with Crippen molar-refractivity contribution in [2.75, 3.05) is 11.7 Å². The number of carbonyl (C=O) groups is 2. The second kappa shape index (κ2) is 8.04. The van der Waals surface area contributed by atoms with E-state index in [1.165, 1.54) is 46.9 Å². The normalized spacial score (nSPS) is 16.8. The highest BCUT2D eigenvalue weighted by Gasteiger charge is 2.37. The third-order valence-corrected chi connectivity index (χ3v) is 6.66. The first-order valence-electron chi connectivity index (χ1n) is 10.0. The Bertz CT molecular complexity index is 1370. The van der Waals surface area contributed by atoms with Crippen LogP contribution in [-0.4, -0.2) is 23.2 Å². The van der Waals surface area contributed by atoms with E-state index in [0.717, 1.165) is 12.5 Å². The molecule has 0 saturated carbocycles. The van der Waals surface area contributed by atoms with Crippen LogP contribution >= 0.6 is 11.8 Å². The summed E-state index contributed by atoms with van der Waals surface area (Å²) in [6.45, 7) is 1.09. The molecule has 2 aromatic carbocycles. The Kier molecular flexibility index (Phi) is 5.16. The number of aromatic nitrogens is 1. The third-order valence-electron chi connectivity index (χ3n) is 5.54. The van der Waals surface area contributed by atoms with Crippen LogP contribution in [0.15, 0.2) is 58.4 Å². The number of carbonyl (C=O) groups excluding carboxylic acids is 2. The second-order valence-corrected chi connectivity index (χ2v) is 8.60. The number of hydrogen-bond acceptors (Lipinski definition) is 6. The fourth-order valence-corrected chi connectivity index (χ4v) is 5.30. The number of thioether (sulfide) groups is 1. The number of benzene rings is 2. The van der Waals surface area contributed by atoms with Gasteiger partial charge in [-0.25, -0.2) is 8.78 Å². The van der Waals surface area contributed by atoms with E-state index in [9.17, 15) is 18.8 Å². The lowest BCUT2D eigenvalue weighted by Gasteiger charge is -2.40. The van der Waals surface area contributed by atoms with Crippen molar-refractivity contribution in [3.63, 3.8) is 0 Å². The van der Waals surface area contributed by atoms with Gasteiger partial charge in [0.15, 0.2) is 5.69 Å². The van der Waals surface area contributed by atoms with Crippen LogP contribution in [0.2, 0.25) is 0 Å². The topological polar surface area (TPSA) is 80.6 Å². The van der Waals surface area contributed by atoms with E-state index in [4.69, 9.17) is 4.74 Å². The molecule has 1 atom stereocenters. The molecule has 0 bridgehead atoms. The van der Waals surface area contributed by atoms with Crippen molar-refractivity contribution in [1.29, 1.82) is 0 Å². The molecule has 168 valence electrons. The molecule has 1 amide bonds. The van der Waals surface area contributed by atoms with Crippen molar-refractivity contribution in [2.24, 2.45) is 0 Å². The second-order valence-electron chi connectivity index (χ2n) is 7.59. The Morgan fingerprint density at radius 1 is 1.18 bits per heavy atom. The first-order chi connectivity index (χ1) is 15.8. The first-order valence-corrected chi connectivity index (χ1v) is 11.0. The highest BCUT2D eigenvalue weighted by Crippen LogP contribution is 2.43. The van der Waals surface area contributed by atoms with Crippen LogP contribution in [0.1, 0.15) is 40.1 Å². The number of nitrogens with zero attached hydrogens (tertiary/aromatic N) is 2. The summed E-state index contributed by atoms with van der Waals surface area (Å²) in [5.41, 5.74) is 0.924. The Morgan fingerprint density at radius 3 is 2.79 bits per heavy atom. The van der Waals surface area contributed by atoms with E-state index >= 15 is 4.39 Å². The quantitative estimate of drug-likeness (QED) is 0.581. The maximum absolute atomic E-state index is 15.3. The standard InChI is InChI=1S/C23H17F2N3O4S/c1-12(29)32-22-17(30)7-8-27-21(22)23(31)26-11-28(27)20-15-6-5-14(24)9-18(15)33-10-13-3-2-4-16(25)19(13)20/h2-9,20H,10-11H2,1H3,(H,26,31)/t20-/m0/s1. The monoisotopic (exact) mass is 469 g/mol. The highest BCUT2D eigenvalue weighted by molar-refractivity contribution is 7.98. The summed E-state index contributed by atoms with van der Waals surface area (Å²) in [6.07, 6.45) is 1.38. The molecular weight excluding hydrogens is 452 g/mol. The fourth-order valence-electron chi connectivity index (χ4n) is 4.19. The minimum atomic E-state index is -0.765.